The predicted molar refractivity (Wildman–Crippen MR) is 83.9 cm³/mol. The van der Waals surface area contributed by atoms with Gasteiger partial charge in [0.15, 0.2) is 0 Å². The monoisotopic (exact) mass is 355 g/mol. The van der Waals surface area contributed by atoms with Crippen LogP contribution in [-0.2, 0) is 16.4 Å². The summed E-state index contributed by atoms with van der Waals surface area (Å²) < 4.78 is 27.2. The average Bonchev–Trinajstić information content (AvgIpc) is 2.41. The molecule has 0 aliphatic heterocycles. The fourth-order valence-electron chi connectivity index (χ4n) is 1.62. The number of rotatable bonds is 5. The third kappa shape index (κ3) is 4.21. The lowest BCUT2D eigenvalue weighted by Gasteiger charge is -2.10. The first-order valence-electron chi connectivity index (χ1n) is 5.92. The molecule has 0 saturated carbocycles. The number of benzene rings is 1. The van der Waals surface area contributed by atoms with E-state index in [2.05, 4.69) is 25.6 Å². The van der Waals surface area contributed by atoms with Crippen molar-refractivity contribution in [3.05, 3.63) is 52.8 Å². The summed E-state index contributed by atoms with van der Waals surface area (Å²) in [5, 5.41) is 0. The Morgan fingerprint density at radius 1 is 1.25 bits per heavy atom. The summed E-state index contributed by atoms with van der Waals surface area (Å²) >= 11 is 3.28. The van der Waals surface area contributed by atoms with Gasteiger partial charge in [0, 0.05) is 28.5 Å². The molecule has 0 unspecified atom stereocenters. The molecule has 2 rings (SSSR count). The Labute approximate surface area is 126 Å². The summed E-state index contributed by atoms with van der Waals surface area (Å²) in [6, 6.07) is 10.3. The van der Waals surface area contributed by atoms with E-state index in [0.29, 0.717) is 22.3 Å². The van der Waals surface area contributed by atoms with Gasteiger partial charge in [0.25, 0.3) is 0 Å². The third-order valence-corrected chi connectivity index (χ3v) is 4.54. The summed E-state index contributed by atoms with van der Waals surface area (Å²) in [5.41, 5.74) is 7.39. The second-order valence-electron chi connectivity index (χ2n) is 4.23. The van der Waals surface area contributed by atoms with E-state index in [9.17, 15) is 8.42 Å². The highest BCUT2D eigenvalue weighted by Gasteiger charge is 2.13. The molecule has 0 atom stereocenters. The van der Waals surface area contributed by atoms with Gasteiger partial charge >= 0.3 is 0 Å². The maximum absolute atomic E-state index is 12.0. The van der Waals surface area contributed by atoms with Crippen LogP contribution in [0.1, 0.15) is 5.69 Å². The first kappa shape index (κ1) is 14.8. The Hall–Kier alpha value is -1.60. The number of nitrogens with zero attached hydrogens (tertiary/aromatic N) is 1. The topological polar surface area (TPSA) is 85.1 Å². The zero-order valence-electron chi connectivity index (χ0n) is 10.6. The highest BCUT2D eigenvalue weighted by Crippen LogP contribution is 2.25. The van der Waals surface area contributed by atoms with Crippen LogP contribution < -0.4 is 10.5 Å². The van der Waals surface area contributed by atoms with Gasteiger partial charge in [-0.3, -0.25) is 9.71 Å². The van der Waals surface area contributed by atoms with Crippen molar-refractivity contribution in [3.63, 3.8) is 0 Å². The van der Waals surface area contributed by atoms with Crippen LogP contribution in [0.5, 0.6) is 0 Å². The number of nitrogens with two attached hydrogens (primary N) is 1. The first-order valence-corrected chi connectivity index (χ1v) is 8.36. The van der Waals surface area contributed by atoms with Crippen LogP contribution in [0, 0.1) is 0 Å². The lowest BCUT2D eigenvalue weighted by Crippen LogP contribution is -2.18. The van der Waals surface area contributed by atoms with E-state index in [1.807, 2.05) is 6.07 Å². The van der Waals surface area contributed by atoms with Gasteiger partial charge in [-0.2, -0.15) is 0 Å². The molecule has 106 valence electrons. The molecule has 1 heterocycles. The van der Waals surface area contributed by atoms with E-state index in [1.54, 1.807) is 36.5 Å². The Morgan fingerprint density at radius 2 is 2.05 bits per heavy atom. The van der Waals surface area contributed by atoms with Crippen molar-refractivity contribution in [1.29, 1.82) is 0 Å². The van der Waals surface area contributed by atoms with Crippen LogP contribution in [0.3, 0.4) is 0 Å². The quantitative estimate of drug-likeness (QED) is 0.806. The molecule has 0 fully saturated rings. The number of pyridine rings is 1. The molecule has 0 bridgehead atoms. The first-order chi connectivity index (χ1) is 9.46. The maximum atomic E-state index is 12.0. The second-order valence-corrected chi connectivity index (χ2v) is 6.93. The van der Waals surface area contributed by atoms with Crippen LogP contribution in [0.15, 0.2) is 47.1 Å². The third-order valence-electron chi connectivity index (χ3n) is 2.61. The number of aromatic nitrogens is 1. The van der Waals surface area contributed by atoms with Crippen molar-refractivity contribution < 1.29 is 8.42 Å². The zero-order valence-corrected chi connectivity index (χ0v) is 13.0. The van der Waals surface area contributed by atoms with E-state index >= 15 is 0 Å². The van der Waals surface area contributed by atoms with Crippen LogP contribution >= 0.6 is 15.9 Å². The van der Waals surface area contributed by atoms with E-state index in [0.717, 1.165) is 5.69 Å². The summed E-state index contributed by atoms with van der Waals surface area (Å²) in [7, 11) is -3.43. The molecule has 0 amide bonds. The van der Waals surface area contributed by atoms with Crippen molar-refractivity contribution in [2.24, 2.45) is 0 Å². The minimum atomic E-state index is -3.43. The number of hydrogen-bond acceptors (Lipinski definition) is 4. The largest absolute Gasteiger partial charge is 0.399 e. The van der Waals surface area contributed by atoms with Crippen molar-refractivity contribution in [2.75, 3.05) is 16.2 Å². The molecule has 0 aliphatic carbocycles. The van der Waals surface area contributed by atoms with Crippen LogP contribution in [-0.4, -0.2) is 19.2 Å². The minimum absolute atomic E-state index is 0.0270. The van der Waals surface area contributed by atoms with Crippen LogP contribution in [0.2, 0.25) is 0 Å². The van der Waals surface area contributed by atoms with E-state index in [4.69, 9.17) is 5.73 Å². The summed E-state index contributed by atoms with van der Waals surface area (Å²) in [4.78, 5) is 4.10. The number of halogens is 1. The molecule has 20 heavy (non-hydrogen) atoms. The fraction of sp³-hybridized carbons (Fsp3) is 0.154. The number of nitrogens with one attached hydrogen (secondary N) is 1. The van der Waals surface area contributed by atoms with E-state index in [-0.39, 0.29) is 5.75 Å². The van der Waals surface area contributed by atoms with Crippen molar-refractivity contribution >= 4 is 37.3 Å². The fourth-order valence-corrected chi connectivity index (χ4v) is 3.34. The summed E-state index contributed by atoms with van der Waals surface area (Å²) in [5.74, 6) is -0.0270. The Kier molecular flexibility index (Phi) is 4.61. The van der Waals surface area contributed by atoms with Gasteiger partial charge in [0.1, 0.15) is 0 Å². The molecule has 2 aromatic rings. The Balaban J connectivity index is 2.04. The number of nitrogen functional groups attached to an aromatic ring is 1. The molecule has 3 N–H and O–H groups in total. The number of hydrogen-bond donors (Lipinski definition) is 2. The molecule has 5 nitrogen and oxygen atoms in total. The molecule has 1 aromatic carbocycles. The maximum Gasteiger partial charge on any atom is 0.233 e. The second kappa shape index (κ2) is 6.23. The van der Waals surface area contributed by atoms with Crippen LogP contribution in [0.25, 0.3) is 0 Å². The van der Waals surface area contributed by atoms with Gasteiger partial charge < -0.3 is 5.73 Å². The lowest BCUT2D eigenvalue weighted by atomic mass is 10.3. The van der Waals surface area contributed by atoms with E-state index < -0.39 is 10.0 Å². The number of aryl methyl sites for hydroxylation is 1. The van der Waals surface area contributed by atoms with Gasteiger partial charge in [-0.1, -0.05) is 6.07 Å². The van der Waals surface area contributed by atoms with Gasteiger partial charge in [0.2, 0.25) is 10.0 Å². The van der Waals surface area contributed by atoms with Gasteiger partial charge in [-0.05, 0) is 46.3 Å². The van der Waals surface area contributed by atoms with Gasteiger partial charge in [-0.25, -0.2) is 8.42 Å². The number of anilines is 2. The molecule has 0 spiro atoms. The van der Waals surface area contributed by atoms with E-state index in [1.165, 1.54) is 0 Å². The lowest BCUT2D eigenvalue weighted by molar-refractivity contribution is 0.600. The highest BCUT2D eigenvalue weighted by atomic mass is 79.9. The number of sulfonamides is 1. The van der Waals surface area contributed by atoms with Crippen molar-refractivity contribution in [1.82, 2.24) is 4.98 Å². The van der Waals surface area contributed by atoms with Crippen LogP contribution in [0.4, 0.5) is 11.4 Å². The standard InChI is InChI=1S/C13H14BrN3O2S/c14-12-9-10(15)4-5-13(12)17-20(18,19)8-6-11-3-1-2-7-16-11/h1-5,7,9,17H,6,8,15H2. The van der Waals surface area contributed by atoms with Crippen molar-refractivity contribution in [3.8, 4) is 0 Å². The SMILES string of the molecule is Nc1ccc(NS(=O)(=O)CCc2ccccn2)c(Br)c1. The van der Waals surface area contributed by atoms with Gasteiger partial charge in [0.05, 0.1) is 11.4 Å². The Bertz CT molecular complexity index is 690. The molecular weight excluding hydrogens is 342 g/mol. The highest BCUT2D eigenvalue weighted by molar-refractivity contribution is 9.10. The molecular formula is C13H14BrN3O2S. The van der Waals surface area contributed by atoms with Gasteiger partial charge in [-0.15, -0.1) is 0 Å². The normalized spacial score (nSPS) is 11.2. The Morgan fingerprint density at radius 3 is 2.70 bits per heavy atom. The molecule has 0 aliphatic rings. The minimum Gasteiger partial charge on any atom is -0.399 e. The molecule has 1 aromatic heterocycles. The van der Waals surface area contributed by atoms with Crippen molar-refractivity contribution in [2.45, 2.75) is 6.42 Å². The molecule has 0 radical (unpaired) electrons. The predicted octanol–water partition coefficient (Wildman–Crippen LogP) is 2.41. The smallest absolute Gasteiger partial charge is 0.233 e. The summed E-state index contributed by atoms with van der Waals surface area (Å²) in [6.45, 7) is 0. The summed E-state index contributed by atoms with van der Waals surface area (Å²) in [6.07, 6.45) is 2.01. The zero-order chi connectivity index (χ0) is 14.6. The molecule has 7 heteroatoms. The molecule has 0 saturated heterocycles. The average molecular weight is 356 g/mol.